The molecule has 162 valence electrons. The first-order valence-corrected chi connectivity index (χ1v) is 10.1. The van der Waals surface area contributed by atoms with E-state index in [0.717, 1.165) is 37.7 Å². The summed E-state index contributed by atoms with van der Waals surface area (Å²) in [7, 11) is 1.26. The van der Waals surface area contributed by atoms with Crippen molar-refractivity contribution in [1.82, 2.24) is 0 Å². The minimum absolute atomic E-state index is 0.158. The summed E-state index contributed by atoms with van der Waals surface area (Å²) in [4.78, 5) is 0. The number of halogens is 3. The molecule has 1 aliphatic carbocycles. The van der Waals surface area contributed by atoms with Crippen LogP contribution in [0.25, 0.3) is 5.57 Å². The molecule has 1 unspecified atom stereocenters. The molecule has 2 nitrogen and oxygen atoms in total. The zero-order chi connectivity index (χ0) is 22.4. The Labute approximate surface area is 177 Å². The van der Waals surface area contributed by atoms with E-state index in [0.29, 0.717) is 17.1 Å². The summed E-state index contributed by atoms with van der Waals surface area (Å²) >= 11 is 0. The highest BCUT2D eigenvalue weighted by Crippen LogP contribution is 2.42. The van der Waals surface area contributed by atoms with Gasteiger partial charge in [0, 0.05) is 17.5 Å². The van der Waals surface area contributed by atoms with Gasteiger partial charge < -0.3 is 9.47 Å². The van der Waals surface area contributed by atoms with Crippen LogP contribution in [0.1, 0.15) is 50.2 Å². The average Bonchev–Trinajstić information content (AvgIpc) is 2.77. The maximum Gasteiger partial charge on any atom is 0.207 e. The molecule has 1 atom stereocenters. The lowest BCUT2D eigenvalue weighted by atomic mass is 9.83. The fourth-order valence-corrected chi connectivity index (χ4v) is 3.84. The molecule has 0 bridgehead atoms. The second-order valence-corrected chi connectivity index (χ2v) is 7.35. The molecule has 0 fully saturated rings. The first-order valence-electron chi connectivity index (χ1n) is 10.1. The van der Waals surface area contributed by atoms with E-state index in [-0.39, 0.29) is 29.3 Å². The van der Waals surface area contributed by atoms with Crippen LogP contribution in [0.3, 0.4) is 0 Å². The molecule has 5 heteroatoms. The summed E-state index contributed by atoms with van der Waals surface area (Å²) in [6.07, 6.45) is 7.00. The van der Waals surface area contributed by atoms with Crippen LogP contribution in [0.4, 0.5) is 13.2 Å². The number of rotatable bonds is 5. The molecule has 0 saturated carbocycles. The smallest absolute Gasteiger partial charge is 0.207 e. The van der Waals surface area contributed by atoms with Gasteiger partial charge in [0.05, 0.1) is 7.11 Å². The highest BCUT2D eigenvalue weighted by atomic mass is 19.2. The van der Waals surface area contributed by atoms with Gasteiger partial charge in [-0.05, 0) is 42.4 Å². The van der Waals surface area contributed by atoms with E-state index in [1.165, 1.54) is 7.11 Å². The van der Waals surface area contributed by atoms with Gasteiger partial charge >= 0.3 is 0 Å². The Morgan fingerprint density at radius 2 is 1.97 bits per heavy atom. The average molecular weight is 418 g/mol. The lowest BCUT2D eigenvalue weighted by Crippen LogP contribution is -2.15. The van der Waals surface area contributed by atoms with Crippen LogP contribution in [0, 0.1) is 17.6 Å². The van der Waals surface area contributed by atoms with Crippen molar-refractivity contribution >= 4 is 5.57 Å². The number of allylic oxidation sites excluding steroid dienone is 4. The molecule has 0 spiro atoms. The van der Waals surface area contributed by atoms with Gasteiger partial charge in [-0.1, -0.05) is 39.0 Å². The number of benzene rings is 1. The third-order valence-corrected chi connectivity index (χ3v) is 5.42. The topological polar surface area (TPSA) is 18.5 Å². The molecule has 0 N–H and O–H groups in total. The van der Waals surface area contributed by atoms with Crippen molar-refractivity contribution in [2.45, 2.75) is 45.4 Å². The van der Waals surface area contributed by atoms with Crippen molar-refractivity contribution in [2.24, 2.45) is 5.92 Å². The summed E-state index contributed by atoms with van der Waals surface area (Å²) in [6.45, 7) is 15.4. The van der Waals surface area contributed by atoms with Crippen LogP contribution in [-0.2, 0) is 11.2 Å². The van der Waals surface area contributed by atoms with E-state index in [2.05, 4.69) is 33.2 Å². The first-order chi connectivity index (χ1) is 14.4. The molecule has 1 heterocycles. The normalized spacial score (nSPS) is 19.6. The first kappa shape index (κ1) is 23.6. The standard InChI is InChI=1S/C23H25F3O2.C2H4/c1-5-6-15-7-9-16(10-8-15)18-12-17-11-13(2)22(19(24)14(3)27-4)28-23(17)21(26)20(18)25;1-2/h9,12,15H,2-3,5-8,10-11H2,1,4H3;1-2H2/b22-19-;. The fourth-order valence-electron chi connectivity index (χ4n) is 3.84. The zero-order valence-corrected chi connectivity index (χ0v) is 17.8. The Morgan fingerprint density at radius 3 is 2.53 bits per heavy atom. The van der Waals surface area contributed by atoms with Crippen molar-refractivity contribution in [1.29, 1.82) is 0 Å². The molecule has 0 aromatic heterocycles. The Hall–Kier alpha value is -2.69. The Bertz CT molecular complexity index is 896. The molecule has 1 aromatic carbocycles. The summed E-state index contributed by atoms with van der Waals surface area (Å²) in [5, 5.41) is 0. The maximum absolute atomic E-state index is 14.8. The third-order valence-electron chi connectivity index (χ3n) is 5.42. The minimum Gasteiger partial charge on any atom is -0.494 e. The molecule has 1 aliphatic heterocycles. The van der Waals surface area contributed by atoms with Crippen molar-refractivity contribution in [3.05, 3.63) is 84.1 Å². The van der Waals surface area contributed by atoms with Gasteiger partial charge in [0.1, 0.15) is 0 Å². The second kappa shape index (κ2) is 10.4. The van der Waals surface area contributed by atoms with Crippen LogP contribution in [0.5, 0.6) is 5.75 Å². The molecule has 1 aromatic rings. The van der Waals surface area contributed by atoms with Gasteiger partial charge in [0.2, 0.25) is 11.6 Å². The number of methoxy groups -OCH3 is 1. The van der Waals surface area contributed by atoms with E-state index < -0.39 is 17.5 Å². The third kappa shape index (κ3) is 4.72. The van der Waals surface area contributed by atoms with Crippen LogP contribution < -0.4 is 4.74 Å². The molecule has 0 radical (unpaired) electrons. The van der Waals surface area contributed by atoms with Gasteiger partial charge in [-0.2, -0.15) is 8.78 Å². The highest BCUT2D eigenvalue weighted by Gasteiger charge is 2.30. The molecule has 3 rings (SSSR count). The molecular formula is C25H29F3O2. The predicted octanol–water partition coefficient (Wildman–Crippen LogP) is 7.58. The Kier molecular flexibility index (Phi) is 8.16. The summed E-state index contributed by atoms with van der Waals surface area (Å²) < 4.78 is 54.1. The van der Waals surface area contributed by atoms with Gasteiger partial charge in [-0.25, -0.2) is 4.39 Å². The largest absolute Gasteiger partial charge is 0.494 e. The van der Waals surface area contributed by atoms with Gasteiger partial charge in [0.15, 0.2) is 23.1 Å². The second-order valence-electron chi connectivity index (χ2n) is 7.35. The number of hydrogen-bond donors (Lipinski definition) is 0. The van der Waals surface area contributed by atoms with E-state index >= 15 is 0 Å². The van der Waals surface area contributed by atoms with E-state index in [4.69, 9.17) is 9.47 Å². The molecule has 2 aliphatic rings. The quantitative estimate of drug-likeness (QED) is 0.362. The van der Waals surface area contributed by atoms with Crippen molar-refractivity contribution in [2.75, 3.05) is 7.11 Å². The van der Waals surface area contributed by atoms with Gasteiger partial charge in [-0.3, -0.25) is 0 Å². The van der Waals surface area contributed by atoms with E-state index in [1.54, 1.807) is 6.07 Å². The number of ether oxygens (including phenoxy) is 2. The molecule has 0 saturated heterocycles. The lowest BCUT2D eigenvalue weighted by Gasteiger charge is -2.26. The Balaban J connectivity index is 0.00000155. The summed E-state index contributed by atoms with van der Waals surface area (Å²) in [6, 6.07) is 1.60. The molecular weight excluding hydrogens is 389 g/mol. The molecule has 30 heavy (non-hydrogen) atoms. The van der Waals surface area contributed by atoms with Crippen LogP contribution >= 0.6 is 0 Å². The predicted molar refractivity (Wildman–Crippen MR) is 116 cm³/mol. The van der Waals surface area contributed by atoms with E-state index in [9.17, 15) is 13.2 Å². The van der Waals surface area contributed by atoms with Crippen LogP contribution in [0.2, 0.25) is 0 Å². The monoisotopic (exact) mass is 418 g/mol. The zero-order valence-electron chi connectivity index (χ0n) is 17.8. The maximum atomic E-state index is 14.8. The lowest BCUT2D eigenvalue weighted by molar-refractivity contribution is 0.272. The van der Waals surface area contributed by atoms with Crippen LogP contribution in [-0.4, -0.2) is 7.11 Å². The summed E-state index contributed by atoms with van der Waals surface area (Å²) in [5.41, 5.74) is 1.85. The SMILES string of the molecule is C=C.C=C(OC)/C(F)=C1/Oc2c(cc(C3=CCC(CCC)CC3)c(F)c2F)CC1=C. The van der Waals surface area contributed by atoms with Crippen molar-refractivity contribution in [3.8, 4) is 5.75 Å². The Morgan fingerprint density at radius 1 is 1.27 bits per heavy atom. The fraction of sp³-hybridized carbons (Fsp3) is 0.360. The van der Waals surface area contributed by atoms with Crippen LogP contribution in [0.15, 0.2) is 61.4 Å². The number of hydrogen-bond acceptors (Lipinski definition) is 2. The van der Waals surface area contributed by atoms with Crippen molar-refractivity contribution in [3.63, 3.8) is 0 Å². The molecule has 0 amide bonds. The minimum atomic E-state index is -1.11. The van der Waals surface area contributed by atoms with Gasteiger partial charge in [-0.15, -0.1) is 13.2 Å². The van der Waals surface area contributed by atoms with Crippen molar-refractivity contribution < 1.29 is 22.6 Å². The summed E-state index contributed by atoms with van der Waals surface area (Å²) in [5.74, 6) is -3.17. The highest BCUT2D eigenvalue weighted by molar-refractivity contribution is 5.69. The van der Waals surface area contributed by atoms with Gasteiger partial charge in [0.25, 0.3) is 0 Å². The van der Waals surface area contributed by atoms with E-state index in [1.807, 2.05) is 6.08 Å². The number of fused-ring (bicyclic) bond motifs is 1.